The molecular weight excluding hydrogens is 356 g/mol. The third-order valence-electron chi connectivity index (χ3n) is 4.70. The molecule has 3 rings (SSSR count). The fraction of sp³-hybridized carbons (Fsp3) is 0.364. The summed E-state index contributed by atoms with van der Waals surface area (Å²) in [4.78, 5) is 26.4. The maximum Gasteiger partial charge on any atom is 0.265 e. The van der Waals surface area contributed by atoms with Crippen LogP contribution in [0.4, 0.5) is 5.69 Å². The van der Waals surface area contributed by atoms with Crippen LogP contribution >= 0.6 is 0 Å². The highest BCUT2D eigenvalue weighted by Crippen LogP contribution is 2.33. The largest absolute Gasteiger partial charge is 0.484 e. The second-order valence-electron chi connectivity index (χ2n) is 7.76. The number of likely N-dealkylation sites (N-methyl/N-ethyl adjacent to an activating group) is 1. The van der Waals surface area contributed by atoms with E-state index < -0.39 is 6.10 Å². The number of para-hydroxylation sites is 2. The molecule has 0 saturated carbocycles. The van der Waals surface area contributed by atoms with E-state index >= 15 is 0 Å². The lowest BCUT2D eigenvalue weighted by atomic mass is 9.87. The summed E-state index contributed by atoms with van der Waals surface area (Å²) >= 11 is 0. The van der Waals surface area contributed by atoms with E-state index in [2.05, 4.69) is 26.1 Å². The Hall–Kier alpha value is -3.02. The van der Waals surface area contributed by atoms with Crippen LogP contribution in [0.15, 0.2) is 48.5 Å². The van der Waals surface area contributed by atoms with Crippen molar-refractivity contribution in [3.8, 4) is 11.5 Å². The summed E-state index contributed by atoms with van der Waals surface area (Å²) in [5.74, 6) is 0.631. The Balaban J connectivity index is 1.71. The van der Waals surface area contributed by atoms with E-state index in [1.165, 1.54) is 5.56 Å². The smallest absolute Gasteiger partial charge is 0.265 e. The van der Waals surface area contributed by atoms with E-state index in [4.69, 9.17) is 9.47 Å². The minimum atomic E-state index is -0.755. The first-order valence-electron chi connectivity index (χ1n) is 9.30. The van der Waals surface area contributed by atoms with Crippen molar-refractivity contribution in [1.29, 1.82) is 0 Å². The van der Waals surface area contributed by atoms with Crippen molar-refractivity contribution in [2.45, 2.75) is 32.3 Å². The molecule has 1 aliphatic heterocycles. The SMILES string of the molecule is CNC(=O)[C@H]1CN(C(=O)COc2ccc(C(C)(C)C)cc2)c2ccccc2O1. The Morgan fingerprint density at radius 1 is 1.14 bits per heavy atom. The number of carbonyl (C=O) groups is 2. The normalized spacial score (nSPS) is 16.0. The number of hydrogen-bond acceptors (Lipinski definition) is 4. The number of rotatable bonds is 4. The number of amides is 2. The molecule has 6 nitrogen and oxygen atoms in total. The molecule has 0 spiro atoms. The first-order valence-corrected chi connectivity index (χ1v) is 9.30. The van der Waals surface area contributed by atoms with Gasteiger partial charge in [-0.05, 0) is 35.2 Å². The fourth-order valence-electron chi connectivity index (χ4n) is 3.04. The zero-order valence-electron chi connectivity index (χ0n) is 16.7. The number of anilines is 1. The lowest BCUT2D eigenvalue weighted by Crippen LogP contribution is -2.51. The Kier molecular flexibility index (Phi) is 5.58. The van der Waals surface area contributed by atoms with Crippen molar-refractivity contribution in [2.24, 2.45) is 0 Å². The topological polar surface area (TPSA) is 67.9 Å². The average molecular weight is 382 g/mol. The first-order chi connectivity index (χ1) is 13.3. The minimum Gasteiger partial charge on any atom is -0.484 e. The van der Waals surface area contributed by atoms with Gasteiger partial charge < -0.3 is 19.7 Å². The zero-order chi connectivity index (χ0) is 20.3. The zero-order valence-corrected chi connectivity index (χ0v) is 16.7. The summed E-state index contributed by atoms with van der Waals surface area (Å²) in [7, 11) is 1.54. The summed E-state index contributed by atoms with van der Waals surface area (Å²) in [5.41, 5.74) is 1.89. The molecule has 0 radical (unpaired) electrons. The standard InChI is InChI=1S/C22H26N2O4/c1-22(2,3)15-9-11-16(12-10-15)27-14-20(25)24-13-19(21(26)23-4)28-18-8-6-5-7-17(18)24/h5-12,19H,13-14H2,1-4H3,(H,23,26)/t19-/m1/s1. The molecule has 0 unspecified atom stereocenters. The van der Waals surface area contributed by atoms with Crippen molar-refractivity contribution >= 4 is 17.5 Å². The predicted octanol–water partition coefficient (Wildman–Crippen LogP) is 2.90. The number of benzene rings is 2. The highest BCUT2D eigenvalue weighted by atomic mass is 16.5. The van der Waals surface area contributed by atoms with Crippen LogP contribution in [0.3, 0.4) is 0 Å². The van der Waals surface area contributed by atoms with Gasteiger partial charge in [0.1, 0.15) is 11.5 Å². The van der Waals surface area contributed by atoms with Gasteiger partial charge in [-0.1, -0.05) is 45.0 Å². The van der Waals surface area contributed by atoms with Gasteiger partial charge in [0.2, 0.25) is 0 Å². The first kappa shape index (κ1) is 19.7. The van der Waals surface area contributed by atoms with Gasteiger partial charge in [0.15, 0.2) is 12.7 Å². The van der Waals surface area contributed by atoms with Crippen LogP contribution in [0.2, 0.25) is 0 Å². The Bertz CT molecular complexity index is 856. The lowest BCUT2D eigenvalue weighted by molar-refractivity contribution is -0.128. The number of hydrogen-bond donors (Lipinski definition) is 1. The van der Waals surface area contributed by atoms with E-state index in [-0.39, 0.29) is 30.4 Å². The van der Waals surface area contributed by atoms with E-state index in [9.17, 15) is 9.59 Å². The van der Waals surface area contributed by atoms with E-state index in [1.54, 1.807) is 30.1 Å². The summed E-state index contributed by atoms with van der Waals surface area (Å²) in [6.07, 6.45) is -0.755. The lowest BCUT2D eigenvalue weighted by Gasteiger charge is -2.33. The molecule has 6 heteroatoms. The highest BCUT2D eigenvalue weighted by Gasteiger charge is 2.33. The molecule has 0 saturated heterocycles. The van der Waals surface area contributed by atoms with Crippen LogP contribution in [-0.2, 0) is 15.0 Å². The molecule has 0 aromatic heterocycles. The third-order valence-corrected chi connectivity index (χ3v) is 4.70. The number of ether oxygens (including phenoxy) is 2. The Labute approximate surface area is 165 Å². The van der Waals surface area contributed by atoms with E-state index in [0.29, 0.717) is 17.2 Å². The maximum atomic E-state index is 12.8. The molecule has 28 heavy (non-hydrogen) atoms. The van der Waals surface area contributed by atoms with Crippen molar-refractivity contribution in [2.75, 3.05) is 25.1 Å². The van der Waals surface area contributed by atoms with Crippen LogP contribution in [0.25, 0.3) is 0 Å². The van der Waals surface area contributed by atoms with Gasteiger partial charge in [-0.15, -0.1) is 0 Å². The second-order valence-corrected chi connectivity index (χ2v) is 7.76. The predicted molar refractivity (Wildman–Crippen MR) is 108 cm³/mol. The summed E-state index contributed by atoms with van der Waals surface area (Å²) in [6, 6.07) is 14.9. The molecule has 1 heterocycles. The minimum absolute atomic E-state index is 0.0563. The fourth-order valence-corrected chi connectivity index (χ4v) is 3.04. The van der Waals surface area contributed by atoms with Gasteiger partial charge in [0, 0.05) is 7.05 Å². The van der Waals surface area contributed by atoms with Gasteiger partial charge in [-0.2, -0.15) is 0 Å². The molecular formula is C22H26N2O4. The molecule has 148 valence electrons. The van der Waals surface area contributed by atoms with Crippen LogP contribution < -0.4 is 19.7 Å². The quantitative estimate of drug-likeness (QED) is 0.883. The molecule has 2 aromatic rings. The molecule has 2 aromatic carbocycles. The average Bonchev–Trinajstić information content (AvgIpc) is 2.70. The van der Waals surface area contributed by atoms with Crippen molar-refractivity contribution in [3.05, 3.63) is 54.1 Å². The van der Waals surface area contributed by atoms with Crippen LogP contribution in [-0.4, -0.2) is 38.1 Å². The second kappa shape index (κ2) is 7.92. The molecule has 0 bridgehead atoms. The number of nitrogens with one attached hydrogen (secondary N) is 1. The molecule has 1 N–H and O–H groups in total. The van der Waals surface area contributed by atoms with Crippen molar-refractivity contribution in [3.63, 3.8) is 0 Å². The maximum absolute atomic E-state index is 12.8. The molecule has 1 aliphatic rings. The monoisotopic (exact) mass is 382 g/mol. The third kappa shape index (κ3) is 4.27. The van der Waals surface area contributed by atoms with Crippen molar-refractivity contribution in [1.82, 2.24) is 5.32 Å². The Morgan fingerprint density at radius 3 is 2.46 bits per heavy atom. The van der Waals surface area contributed by atoms with Crippen molar-refractivity contribution < 1.29 is 19.1 Å². The summed E-state index contributed by atoms with van der Waals surface area (Å²) in [5, 5.41) is 2.57. The molecule has 2 amide bonds. The van der Waals surface area contributed by atoms with Gasteiger partial charge in [-0.25, -0.2) is 0 Å². The van der Waals surface area contributed by atoms with Gasteiger partial charge >= 0.3 is 0 Å². The molecule has 0 fully saturated rings. The van der Waals surface area contributed by atoms with Crippen LogP contribution in [0.1, 0.15) is 26.3 Å². The molecule has 0 aliphatic carbocycles. The molecule has 1 atom stereocenters. The number of nitrogens with zero attached hydrogens (tertiary/aromatic N) is 1. The van der Waals surface area contributed by atoms with E-state index in [0.717, 1.165) is 0 Å². The Morgan fingerprint density at radius 2 is 1.82 bits per heavy atom. The number of carbonyl (C=O) groups excluding carboxylic acids is 2. The van der Waals surface area contributed by atoms with Gasteiger partial charge in [0.25, 0.3) is 11.8 Å². The summed E-state index contributed by atoms with van der Waals surface area (Å²) in [6.45, 7) is 6.45. The van der Waals surface area contributed by atoms with E-state index in [1.807, 2.05) is 30.3 Å². The number of fused-ring (bicyclic) bond motifs is 1. The van der Waals surface area contributed by atoms with Crippen LogP contribution in [0, 0.1) is 0 Å². The van der Waals surface area contributed by atoms with Gasteiger partial charge in [-0.3, -0.25) is 9.59 Å². The highest BCUT2D eigenvalue weighted by molar-refractivity contribution is 5.98. The van der Waals surface area contributed by atoms with Crippen LogP contribution in [0.5, 0.6) is 11.5 Å². The summed E-state index contributed by atoms with van der Waals surface area (Å²) < 4.78 is 11.4. The van der Waals surface area contributed by atoms with Gasteiger partial charge in [0.05, 0.1) is 12.2 Å².